The Balaban J connectivity index is 4.26. The van der Waals surface area contributed by atoms with Crippen LogP contribution in [0.1, 0.15) is 12.8 Å². The second kappa shape index (κ2) is 7.29. The fourth-order valence-electron chi connectivity index (χ4n) is 1.21. The summed E-state index contributed by atoms with van der Waals surface area (Å²) >= 11 is 0. The largest absolute Gasteiger partial charge is 0.480 e. The first-order valence-corrected chi connectivity index (χ1v) is 6.74. The number of hydrogen-bond acceptors (Lipinski definition) is 5. The van der Waals surface area contributed by atoms with Crippen LogP contribution in [-0.4, -0.2) is 56.0 Å². The van der Waals surface area contributed by atoms with Gasteiger partial charge in [0.15, 0.2) is 5.96 Å². The molecule has 0 saturated heterocycles. The minimum absolute atomic E-state index is 0.0495. The molecule has 0 bridgehead atoms. The van der Waals surface area contributed by atoms with Gasteiger partial charge in [-0.3, -0.25) is 14.8 Å². The number of carboxylic acids is 1. The molecular weight excluding hydrogens is 267 g/mol. The van der Waals surface area contributed by atoms with E-state index in [2.05, 4.69) is 5.32 Å². The van der Waals surface area contributed by atoms with Crippen molar-refractivity contribution in [3.63, 3.8) is 0 Å². The summed E-state index contributed by atoms with van der Waals surface area (Å²) in [4.78, 5) is 28.1. The van der Waals surface area contributed by atoms with Crippen molar-refractivity contribution < 1.29 is 29.5 Å². The summed E-state index contributed by atoms with van der Waals surface area (Å²) in [5.74, 6) is -1.66. The first kappa shape index (κ1) is 16.8. The van der Waals surface area contributed by atoms with Crippen LogP contribution in [0.25, 0.3) is 0 Å². The fraction of sp³-hybridized carbons (Fsp3) is 0.714. The minimum Gasteiger partial charge on any atom is -0.480 e. The molecule has 8 N–H and O–H groups in total. The van der Waals surface area contributed by atoms with Crippen molar-refractivity contribution in [2.24, 2.45) is 5.73 Å². The molecule has 106 valence electrons. The van der Waals surface area contributed by atoms with Gasteiger partial charge in [-0.15, -0.1) is 0 Å². The van der Waals surface area contributed by atoms with Crippen LogP contribution in [0.15, 0.2) is 0 Å². The zero-order chi connectivity index (χ0) is 14.3. The van der Waals surface area contributed by atoms with Crippen LogP contribution in [0, 0.1) is 5.41 Å². The molecule has 0 aromatic heterocycles. The Labute approximate surface area is 103 Å². The first-order chi connectivity index (χ1) is 8.13. The van der Waals surface area contributed by atoms with E-state index in [1.807, 2.05) is 0 Å². The molecule has 0 aromatic rings. The van der Waals surface area contributed by atoms with Gasteiger partial charge >= 0.3 is 13.6 Å². The Morgan fingerprint density at radius 3 is 2.44 bits per heavy atom. The molecule has 11 heteroatoms. The second-order valence-electron chi connectivity index (χ2n) is 3.58. The number of aliphatic carboxylic acids is 1. The number of nitrogens with zero attached hydrogens (tertiary/aromatic N) is 1. The Hall–Kier alpha value is -1.19. The van der Waals surface area contributed by atoms with Gasteiger partial charge < -0.3 is 31.2 Å². The van der Waals surface area contributed by atoms with Crippen molar-refractivity contribution >= 4 is 19.5 Å². The lowest BCUT2D eigenvalue weighted by Crippen LogP contribution is -2.40. The average Bonchev–Trinajstić information content (AvgIpc) is 2.12. The SMILES string of the molecule is N=C(N)NCCCC(C(=O)O)N(O)CP(=O)(O)O. The van der Waals surface area contributed by atoms with Crippen molar-refractivity contribution in [1.82, 2.24) is 10.4 Å². The zero-order valence-corrected chi connectivity index (χ0v) is 10.4. The first-order valence-electron chi connectivity index (χ1n) is 4.94. The van der Waals surface area contributed by atoms with Gasteiger partial charge in [-0.1, -0.05) is 0 Å². The van der Waals surface area contributed by atoms with E-state index in [0.717, 1.165) is 0 Å². The smallest absolute Gasteiger partial charge is 0.341 e. The Morgan fingerprint density at radius 2 is 2.06 bits per heavy atom. The molecule has 0 saturated carbocycles. The van der Waals surface area contributed by atoms with Crippen molar-refractivity contribution in [2.75, 3.05) is 12.8 Å². The van der Waals surface area contributed by atoms with Gasteiger partial charge in [-0.25, -0.2) is 0 Å². The summed E-state index contributed by atoms with van der Waals surface area (Å²) in [6.45, 7) is 0.225. The van der Waals surface area contributed by atoms with E-state index < -0.39 is 25.9 Å². The van der Waals surface area contributed by atoms with Crippen LogP contribution in [0.5, 0.6) is 0 Å². The summed E-state index contributed by atoms with van der Waals surface area (Å²) in [5.41, 5.74) is 5.01. The highest BCUT2D eigenvalue weighted by molar-refractivity contribution is 7.51. The number of hydrogen-bond donors (Lipinski definition) is 7. The Kier molecular flexibility index (Phi) is 6.81. The molecule has 0 aromatic carbocycles. The van der Waals surface area contributed by atoms with E-state index in [1.165, 1.54) is 0 Å². The number of nitrogens with one attached hydrogen (secondary N) is 2. The van der Waals surface area contributed by atoms with E-state index in [0.29, 0.717) is 0 Å². The molecule has 0 heterocycles. The van der Waals surface area contributed by atoms with Crippen molar-refractivity contribution in [3.05, 3.63) is 0 Å². The molecule has 0 aliphatic carbocycles. The highest BCUT2D eigenvalue weighted by atomic mass is 31.2. The van der Waals surface area contributed by atoms with E-state index in [4.69, 9.17) is 26.0 Å². The molecule has 0 rings (SSSR count). The second-order valence-corrected chi connectivity index (χ2v) is 5.19. The summed E-state index contributed by atoms with van der Waals surface area (Å²) in [5, 5.41) is 27.5. The molecule has 0 aliphatic rings. The lowest BCUT2D eigenvalue weighted by Gasteiger charge is -2.22. The molecule has 0 amide bonds. The monoisotopic (exact) mass is 284 g/mol. The zero-order valence-electron chi connectivity index (χ0n) is 9.48. The van der Waals surface area contributed by atoms with E-state index in [-0.39, 0.29) is 30.4 Å². The average molecular weight is 284 g/mol. The predicted molar refractivity (Wildman–Crippen MR) is 61.1 cm³/mol. The van der Waals surface area contributed by atoms with Crippen LogP contribution in [0.2, 0.25) is 0 Å². The third-order valence-electron chi connectivity index (χ3n) is 1.94. The van der Waals surface area contributed by atoms with Gasteiger partial charge in [0.05, 0.1) is 0 Å². The predicted octanol–water partition coefficient (Wildman–Crippen LogP) is -1.47. The Morgan fingerprint density at radius 1 is 1.50 bits per heavy atom. The fourth-order valence-corrected chi connectivity index (χ4v) is 1.78. The number of guanidine groups is 1. The third-order valence-corrected chi connectivity index (χ3v) is 2.60. The molecule has 0 radical (unpaired) electrons. The number of nitrogens with two attached hydrogens (primary N) is 1. The molecule has 1 atom stereocenters. The molecule has 0 spiro atoms. The van der Waals surface area contributed by atoms with Crippen molar-refractivity contribution in [1.29, 1.82) is 5.41 Å². The van der Waals surface area contributed by atoms with Crippen molar-refractivity contribution in [2.45, 2.75) is 18.9 Å². The summed E-state index contributed by atoms with van der Waals surface area (Å²) in [6.07, 6.45) is -0.842. The van der Waals surface area contributed by atoms with Gasteiger partial charge in [0.25, 0.3) is 0 Å². The van der Waals surface area contributed by atoms with Crippen LogP contribution in [-0.2, 0) is 9.36 Å². The lowest BCUT2D eigenvalue weighted by molar-refractivity contribution is -0.166. The maximum absolute atomic E-state index is 10.8. The summed E-state index contributed by atoms with van der Waals surface area (Å²) in [7, 11) is -4.53. The maximum Gasteiger partial charge on any atom is 0.341 e. The summed E-state index contributed by atoms with van der Waals surface area (Å²) < 4.78 is 10.6. The minimum atomic E-state index is -4.53. The molecule has 0 fully saturated rings. The van der Waals surface area contributed by atoms with Crippen molar-refractivity contribution in [3.8, 4) is 0 Å². The molecule has 18 heavy (non-hydrogen) atoms. The normalized spacial score (nSPS) is 13.3. The standard InChI is InChI=1S/C7H17N4O6P/c8-7(9)10-3-1-2-5(6(12)13)11(14)4-18(15,16)17/h5,14H,1-4H2,(H,12,13)(H4,8,9,10)(H2,15,16,17). The number of carboxylic acid groups (broad SMARTS) is 1. The molecule has 1 unspecified atom stereocenters. The number of carbonyl (C=O) groups is 1. The number of rotatable bonds is 8. The van der Waals surface area contributed by atoms with Gasteiger partial charge in [0.2, 0.25) is 0 Å². The molecule has 0 aliphatic heterocycles. The van der Waals surface area contributed by atoms with Gasteiger partial charge in [0.1, 0.15) is 12.3 Å². The quantitative estimate of drug-likeness (QED) is 0.0919. The number of hydroxylamine groups is 2. The third kappa shape index (κ3) is 7.98. The van der Waals surface area contributed by atoms with E-state index in [1.54, 1.807) is 0 Å². The Bertz CT molecular complexity index is 345. The van der Waals surface area contributed by atoms with Crippen LogP contribution in [0.3, 0.4) is 0 Å². The van der Waals surface area contributed by atoms with Gasteiger partial charge in [0, 0.05) is 6.54 Å². The van der Waals surface area contributed by atoms with E-state index >= 15 is 0 Å². The van der Waals surface area contributed by atoms with E-state index in [9.17, 15) is 14.6 Å². The van der Waals surface area contributed by atoms with Gasteiger partial charge in [-0.05, 0) is 12.8 Å². The van der Waals surface area contributed by atoms with Gasteiger partial charge in [-0.2, -0.15) is 5.06 Å². The maximum atomic E-state index is 10.8. The highest BCUT2D eigenvalue weighted by Gasteiger charge is 2.29. The van der Waals surface area contributed by atoms with Crippen LogP contribution in [0.4, 0.5) is 0 Å². The molecule has 10 nitrogen and oxygen atoms in total. The molecular formula is C7H17N4O6P. The van der Waals surface area contributed by atoms with Crippen LogP contribution < -0.4 is 11.1 Å². The highest BCUT2D eigenvalue weighted by Crippen LogP contribution is 2.35. The van der Waals surface area contributed by atoms with Crippen LogP contribution >= 0.6 is 7.60 Å². The lowest BCUT2D eigenvalue weighted by atomic mass is 10.1. The topological polar surface area (TPSA) is 180 Å². The summed E-state index contributed by atoms with van der Waals surface area (Å²) in [6, 6.07) is -1.42.